The highest BCUT2D eigenvalue weighted by molar-refractivity contribution is 6.06. The molecule has 9 aromatic rings. The van der Waals surface area contributed by atoms with Gasteiger partial charge in [-0.1, -0.05) is 196 Å². The van der Waals surface area contributed by atoms with Crippen LogP contribution < -0.4 is 0 Å². The predicted octanol–water partition coefficient (Wildman–Crippen LogP) is 13.9. The standard InChI is InChI=1S/C53H38N2/c1-53(2)48-28-15-14-25-43(48)46-27-16-26-45(51(46)53)42-31-32-44(41-24-13-12-23-40(41)42)50-34-49(54-52(55-50)37-21-10-5-11-22-37)38-29-30-39(35-17-6-3-7-18-35)47(33-38)36-19-8-4-9-20-36/h3-34H,1-2H3. The van der Waals surface area contributed by atoms with Crippen LogP contribution >= 0.6 is 0 Å². The van der Waals surface area contributed by atoms with Crippen molar-refractivity contribution in [1.82, 2.24) is 9.97 Å². The fraction of sp³-hybridized carbons (Fsp3) is 0.0566. The Labute approximate surface area is 322 Å². The smallest absolute Gasteiger partial charge is 0.160 e. The van der Waals surface area contributed by atoms with Gasteiger partial charge < -0.3 is 0 Å². The zero-order chi connectivity index (χ0) is 36.9. The van der Waals surface area contributed by atoms with E-state index in [-0.39, 0.29) is 5.41 Å². The SMILES string of the molecule is CC1(C)c2ccccc2-c2cccc(-c3ccc(-c4cc(-c5ccc(-c6ccccc6)c(-c6ccccc6)c5)nc(-c5ccccc5)n4)c4ccccc34)c21. The lowest BCUT2D eigenvalue weighted by atomic mass is 9.78. The van der Waals surface area contributed by atoms with Gasteiger partial charge in [0.25, 0.3) is 0 Å². The maximum Gasteiger partial charge on any atom is 0.160 e. The number of hydrogen-bond donors (Lipinski definition) is 0. The summed E-state index contributed by atoms with van der Waals surface area (Å²) in [5.74, 6) is 0.704. The molecular weight excluding hydrogens is 665 g/mol. The maximum atomic E-state index is 5.29. The van der Waals surface area contributed by atoms with Crippen molar-refractivity contribution < 1.29 is 0 Å². The Morgan fingerprint density at radius 3 is 1.55 bits per heavy atom. The summed E-state index contributed by atoms with van der Waals surface area (Å²) in [6.45, 7) is 4.72. The van der Waals surface area contributed by atoms with Crippen LogP contribution in [0.4, 0.5) is 0 Å². The summed E-state index contributed by atoms with van der Waals surface area (Å²) in [5.41, 5.74) is 17.4. The lowest BCUT2D eigenvalue weighted by Crippen LogP contribution is -2.16. The summed E-state index contributed by atoms with van der Waals surface area (Å²) in [5, 5.41) is 2.37. The van der Waals surface area contributed by atoms with Gasteiger partial charge in [-0.25, -0.2) is 9.97 Å². The predicted molar refractivity (Wildman–Crippen MR) is 230 cm³/mol. The van der Waals surface area contributed by atoms with Crippen LogP contribution in [0.15, 0.2) is 194 Å². The van der Waals surface area contributed by atoms with E-state index in [9.17, 15) is 0 Å². The average Bonchev–Trinajstić information content (AvgIpc) is 3.50. The average molecular weight is 703 g/mol. The highest BCUT2D eigenvalue weighted by Gasteiger charge is 2.37. The monoisotopic (exact) mass is 702 g/mol. The summed E-state index contributed by atoms with van der Waals surface area (Å²) >= 11 is 0. The fourth-order valence-corrected chi connectivity index (χ4v) is 8.71. The molecule has 55 heavy (non-hydrogen) atoms. The second-order valence-corrected chi connectivity index (χ2v) is 14.9. The molecule has 0 N–H and O–H groups in total. The van der Waals surface area contributed by atoms with E-state index in [4.69, 9.17) is 9.97 Å². The molecule has 1 heterocycles. The highest BCUT2D eigenvalue weighted by Crippen LogP contribution is 2.53. The van der Waals surface area contributed by atoms with E-state index in [0.717, 1.165) is 28.1 Å². The molecule has 8 aromatic carbocycles. The zero-order valence-corrected chi connectivity index (χ0v) is 30.9. The molecular formula is C53H38N2. The van der Waals surface area contributed by atoms with Gasteiger partial charge in [-0.3, -0.25) is 0 Å². The minimum absolute atomic E-state index is 0.122. The van der Waals surface area contributed by atoms with Crippen LogP contribution in [0.2, 0.25) is 0 Å². The number of nitrogens with zero attached hydrogens (tertiary/aromatic N) is 2. The Hall–Kier alpha value is -6.90. The summed E-state index contributed by atoms with van der Waals surface area (Å²) in [7, 11) is 0. The maximum absolute atomic E-state index is 5.29. The molecule has 1 aromatic heterocycles. The first kappa shape index (κ1) is 32.7. The van der Waals surface area contributed by atoms with Crippen LogP contribution in [0.3, 0.4) is 0 Å². The molecule has 0 unspecified atom stereocenters. The van der Waals surface area contributed by atoms with Gasteiger partial charge in [-0.15, -0.1) is 0 Å². The lowest BCUT2D eigenvalue weighted by Gasteiger charge is -2.25. The first-order valence-electron chi connectivity index (χ1n) is 19.0. The molecule has 0 spiro atoms. The topological polar surface area (TPSA) is 25.8 Å². The zero-order valence-electron chi connectivity index (χ0n) is 30.9. The van der Waals surface area contributed by atoms with Gasteiger partial charge in [-0.05, 0) is 78.5 Å². The molecule has 2 nitrogen and oxygen atoms in total. The van der Waals surface area contributed by atoms with E-state index in [0.29, 0.717) is 5.82 Å². The molecule has 0 amide bonds. The first-order chi connectivity index (χ1) is 27.0. The normalized spacial score (nSPS) is 12.7. The lowest BCUT2D eigenvalue weighted by molar-refractivity contribution is 0.662. The Morgan fingerprint density at radius 1 is 0.327 bits per heavy atom. The van der Waals surface area contributed by atoms with Gasteiger partial charge in [0, 0.05) is 22.1 Å². The third-order valence-corrected chi connectivity index (χ3v) is 11.3. The summed E-state index contributed by atoms with van der Waals surface area (Å²) in [6, 6.07) is 69.5. The van der Waals surface area contributed by atoms with Crippen LogP contribution in [0.1, 0.15) is 25.0 Å². The van der Waals surface area contributed by atoms with Crippen LogP contribution in [-0.2, 0) is 5.41 Å². The molecule has 0 radical (unpaired) electrons. The molecule has 2 heteroatoms. The van der Waals surface area contributed by atoms with Gasteiger partial charge in [0.2, 0.25) is 0 Å². The van der Waals surface area contributed by atoms with E-state index >= 15 is 0 Å². The minimum atomic E-state index is -0.122. The van der Waals surface area contributed by atoms with Gasteiger partial charge in [0.15, 0.2) is 5.82 Å². The molecule has 1 aliphatic rings. The van der Waals surface area contributed by atoms with Crippen molar-refractivity contribution in [2.75, 3.05) is 0 Å². The van der Waals surface area contributed by atoms with Crippen molar-refractivity contribution >= 4 is 10.8 Å². The molecule has 0 aliphatic heterocycles. The number of hydrogen-bond acceptors (Lipinski definition) is 2. The molecule has 10 rings (SSSR count). The molecule has 0 bridgehead atoms. The van der Waals surface area contributed by atoms with Crippen molar-refractivity contribution in [3.05, 3.63) is 205 Å². The Bertz CT molecular complexity index is 2870. The molecule has 0 fully saturated rings. The molecule has 0 atom stereocenters. The fourth-order valence-electron chi connectivity index (χ4n) is 8.71. The molecule has 0 saturated heterocycles. The van der Waals surface area contributed by atoms with Crippen molar-refractivity contribution in [2.45, 2.75) is 19.3 Å². The Morgan fingerprint density at radius 2 is 0.836 bits per heavy atom. The molecule has 0 saturated carbocycles. The van der Waals surface area contributed by atoms with E-state index in [1.807, 2.05) is 6.07 Å². The van der Waals surface area contributed by atoms with Crippen LogP contribution in [-0.4, -0.2) is 9.97 Å². The van der Waals surface area contributed by atoms with E-state index in [1.54, 1.807) is 0 Å². The van der Waals surface area contributed by atoms with Gasteiger partial charge in [0.05, 0.1) is 11.4 Å². The van der Waals surface area contributed by atoms with E-state index < -0.39 is 0 Å². The van der Waals surface area contributed by atoms with Crippen molar-refractivity contribution in [3.8, 4) is 78.4 Å². The quantitative estimate of drug-likeness (QED) is 0.172. The number of fused-ring (bicyclic) bond motifs is 4. The van der Waals surface area contributed by atoms with Crippen LogP contribution in [0.5, 0.6) is 0 Å². The summed E-state index contributed by atoms with van der Waals surface area (Å²) in [4.78, 5) is 10.5. The first-order valence-corrected chi connectivity index (χ1v) is 19.0. The van der Waals surface area contributed by atoms with Crippen molar-refractivity contribution in [3.63, 3.8) is 0 Å². The number of benzene rings is 8. The Kier molecular flexibility index (Phi) is 7.85. The van der Waals surface area contributed by atoms with Gasteiger partial charge in [-0.2, -0.15) is 0 Å². The second kappa shape index (κ2) is 13.2. The minimum Gasteiger partial charge on any atom is -0.228 e. The second-order valence-electron chi connectivity index (χ2n) is 14.9. The van der Waals surface area contributed by atoms with Gasteiger partial charge >= 0.3 is 0 Å². The summed E-state index contributed by atoms with van der Waals surface area (Å²) in [6.07, 6.45) is 0. The van der Waals surface area contributed by atoms with Crippen LogP contribution in [0, 0.1) is 0 Å². The Balaban J connectivity index is 1.17. The molecule has 1 aliphatic carbocycles. The van der Waals surface area contributed by atoms with E-state index in [2.05, 4.69) is 202 Å². The largest absolute Gasteiger partial charge is 0.228 e. The highest BCUT2D eigenvalue weighted by atomic mass is 14.9. The third kappa shape index (κ3) is 5.57. The molecule has 260 valence electrons. The van der Waals surface area contributed by atoms with Crippen LogP contribution in [0.25, 0.3) is 89.2 Å². The number of rotatable bonds is 6. The number of aromatic nitrogens is 2. The van der Waals surface area contributed by atoms with Crippen molar-refractivity contribution in [1.29, 1.82) is 0 Å². The van der Waals surface area contributed by atoms with Gasteiger partial charge in [0.1, 0.15) is 0 Å². The third-order valence-electron chi connectivity index (χ3n) is 11.3. The van der Waals surface area contributed by atoms with E-state index in [1.165, 1.54) is 66.4 Å². The van der Waals surface area contributed by atoms with Crippen molar-refractivity contribution in [2.24, 2.45) is 0 Å². The summed E-state index contributed by atoms with van der Waals surface area (Å²) < 4.78 is 0.